The number of amides is 3. The number of carbonyl (C=O) groups is 4. The average Bonchev–Trinajstić information content (AvgIpc) is 2.58. The first-order valence-corrected chi connectivity index (χ1v) is 8.12. The Hall–Kier alpha value is -2.94. The molecule has 3 amide bonds. The lowest BCUT2D eigenvalue weighted by molar-refractivity contribution is -0.142. The second-order valence-corrected chi connectivity index (χ2v) is 5.94. The molecule has 0 aliphatic carbocycles. The monoisotopic (exact) mass is 364 g/mol. The van der Waals surface area contributed by atoms with Crippen molar-refractivity contribution >= 4 is 23.7 Å². The summed E-state index contributed by atoms with van der Waals surface area (Å²) in [6.07, 6.45) is -0.128. The maximum absolute atomic E-state index is 12.4. The molecule has 0 saturated carbocycles. The van der Waals surface area contributed by atoms with Gasteiger partial charge < -0.3 is 27.2 Å². The number of hydrogen-bond donors (Lipinski definition) is 5. The summed E-state index contributed by atoms with van der Waals surface area (Å²) in [7, 11) is 0. The van der Waals surface area contributed by atoms with E-state index in [1.807, 2.05) is 0 Å². The Balaban J connectivity index is 2.83. The Kier molecular flexibility index (Phi) is 8.23. The van der Waals surface area contributed by atoms with E-state index in [0.717, 1.165) is 5.56 Å². The van der Waals surface area contributed by atoms with E-state index in [2.05, 4.69) is 10.6 Å². The zero-order chi connectivity index (χ0) is 19.7. The molecule has 26 heavy (non-hydrogen) atoms. The van der Waals surface area contributed by atoms with E-state index >= 15 is 0 Å². The highest BCUT2D eigenvalue weighted by molar-refractivity contribution is 5.92. The van der Waals surface area contributed by atoms with Gasteiger partial charge in [0.05, 0.1) is 6.04 Å². The third-order valence-corrected chi connectivity index (χ3v) is 3.62. The van der Waals surface area contributed by atoms with Crippen LogP contribution in [-0.2, 0) is 25.6 Å². The van der Waals surface area contributed by atoms with E-state index in [0.29, 0.717) is 0 Å². The van der Waals surface area contributed by atoms with Crippen molar-refractivity contribution in [3.63, 3.8) is 0 Å². The molecule has 1 aromatic rings. The van der Waals surface area contributed by atoms with E-state index in [-0.39, 0.29) is 19.3 Å². The summed E-state index contributed by atoms with van der Waals surface area (Å²) in [5.74, 6) is -3.17. The molecule has 9 heteroatoms. The smallest absolute Gasteiger partial charge is 0.326 e. The highest BCUT2D eigenvalue weighted by atomic mass is 16.4. The van der Waals surface area contributed by atoms with Gasteiger partial charge in [-0.3, -0.25) is 14.4 Å². The number of benzene rings is 1. The highest BCUT2D eigenvalue weighted by Gasteiger charge is 2.27. The molecule has 0 fully saturated rings. The van der Waals surface area contributed by atoms with Crippen LogP contribution in [0.25, 0.3) is 0 Å². The number of carboxylic acid groups (broad SMARTS) is 1. The van der Waals surface area contributed by atoms with Gasteiger partial charge in [0.2, 0.25) is 17.7 Å². The number of primary amides is 1. The highest BCUT2D eigenvalue weighted by Crippen LogP contribution is 2.05. The fourth-order valence-electron chi connectivity index (χ4n) is 2.18. The second-order valence-electron chi connectivity index (χ2n) is 5.94. The lowest BCUT2D eigenvalue weighted by Crippen LogP contribution is -2.54. The normalized spacial score (nSPS) is 13.9. The Labute approximate surface area is 151 Å². The quantitative estimate of drug-likeness (QED) is 0.353. The minimum atomic E-state index is -1.21. The predicted molar refractivity (Wildman–Crippen MR) is 93.7 cm³/mol. The van der Waals surface area contributed by atoms with E-state index < -0.39 is 41.8 Å². The van der Waals surface area contributed by atoms with Gasteiger partial charge in [-0.15, -0.1) is 0 Å². The van der Waals surface area contributed by atoms with Gasteiger partial charge in [-0.1, -0.05) is 30.3 Å². The Morgan fingerprint density at radius 3 is 2.12 bits per heavy atom. The molecule has 0 saturated heterocycles. The van der Waals surface area contributed by atoms with Crippen molar-refractivity contribution in [1.29, 1.82) is 0 Å². The van der Waals surface area contributed by atoms with Crippen LogP contribution in [0.5, 0.6) is 0 Å². The van der Waals surface area contributed by atoms with Gasteiger partial charge in [-0.2, -0.15) is 0 Å². The number of aliphatic carboxylic acids is 1. The first-order chi connectivity index (χ1) is 12.2. The number of nitrogens with one attached hydrogen (secondary N) is 2. The minimum absolute atomic E-state index is 0.0582. The molecule has 0 heterocycles. The molecule has 0 bridgehead atoms. The molecule has 142 valence electrons. The molecule has 7 N–H and O–H groups in total. The first kappa shape index (κ1) is 21.1. The molecule has 0 aromatic heterocycles. The van der Waals surface area contributed by atoms with Crippen molar-refractivity contribution in [2.24, 2.45) is 11.5 Å². The Bertz CT molecular complexity index is 648. The van der Waals surface area contributed by atoms with Gasteiger partial charge in [0.15, 0.2) is 0 Å². The molecular weight excluding hydrogens is 340 g/mol. The van der Waals surface area contributed by atoms with Crippen molar-refractivity contribution in [3.8, 4) is 0 Å². The fraction of sp³-hybridized carbons (Fsp3) is 0.412. The van der Waals surface area contributed by atoms with E-state index in [1.165, 1.54) is 6.92 Å². The summed E-state index contributed by atoms with van der Waals surface area (Å²) in [6.45, 7) is 1.44. The third-order valence-electron chi connectivity index (χ3n) is 3.62. The number of carboxylic acids is 1. The number of rotatable bonds is 10. The Morgan fingerprint density at radius 1 is 1.04 bits per heavy atom. The van der Waals surface area contributed by atoms with Crippen molar-refractivity contribution in [2.75, 3.05) is 0 Å². The SMILES string of the molecule is C[C@H](N)C(=O)N[C@@H](CCC(N)=O)C(=O)N[C@@H](Cc1ccccc1)C(=O)O. The van der Waals surface area contributed by atoms with Gasteiger partial charge in [0.1, 0.15) is 12.1 Å². The summed E-state index contributed by atoms with van der Waals surface area (Å²) in [4.78, 5) is 46.6. The lowest BCUT2D eigenvalue weighted by Gasteiger charge is -2.22. The van der Waals surface area contributed by atoms with Crippen LogP contribution in [0.3, 0.4) is 0 Å². The largest absolute Gasteiger partial charge is 0.480 e. The van der Waals surface area contributed by atoms with Gasteiger partial charge >= 0.3 is 5.97 Å². The molecular formula is C17H24N4O5. The lowest BCUT2D eigenvalue weighted by atomic mass is 10.0. The molecule has 1 rings (SSSR count). The molecule has 3 atom stereocenters. The van der Waals surface area contributed by atoms with Gasteiger partial charge in [-0.05, 0) is 18.9 Å². The topological polar surface area (TPSA) is 165 Å². The summed E-state index contributed by atoms with van der Waals surface area (Å²) < 4.78 is 0. The summed E-state index contributed by atoms with van der Waals surface area (Å²) in [6, 6.07) is 5.63. The van der Waals surface area contributed by atoms with Gasteiger partial charge in [0, 0.05) is 12.8 Å². The van der Waals surface area contributed by atoms with Crippen molar-refractivity contribution in [2.45, 2.75) is 44.3 Å². The van der Waals surface area contributed by atoms with Crippen LogP contribution in [0, 0.1) is 0 Å². The number of hydrogen-bond acceptors (Lipinski definition) is 5. The standard InChI is InChI=1S/C17H24N4O5/c1-10(18)15(23)20-12(7-8-14(19)22)16(24)21-13(17(25)26)9-11-5-3-2-4-6-11/h2-6,10,12-13H,7-9,18H2,1H3,(H2,19,22)(H,20,23)(H,21,24)(H,25,26)/t10-,12-,13-/m0/s1. The first-order valence-electron chi connectivity index (χ1n) is 8.12. The van der Waals surface area contributed by atoms with E-state index in [1.54, 1.807) is 30.3 Å². The maximum atomic E-state index is 12.4. The maximum Gasteiger partial charge on any atom is 0.326 e. The van der Waals surface area contributed by atoms with Crippen LogP contribution in [0.1, 0.15) is 25.3 Å². The van der Waals surface area contributed by atoms with E-state index in [4.69, 9.17) is 11.5 Å². The van der Waals surface area contributed by atoms with Crippen LogP contribution >= 0.6 is 0 Å². The average molecular weight is 364 g/mol. The molecule has 0 spiro atoms. The summed E-state index contributed by atoms with van der Waals surface area (Å²) in [5.41, 5.74) is 11.3. The molecule has 1 aromatic carbocycles. The van der Waals surface area contributed by atoms with Crippen molar-refractivity contribution in [1.82, 2.24) is 10.6 Å². The van der Waals surface area contributed by atoms with Crippen LogP contribution in [0.2, 0.25) is 0 Å². The third kappa shape index (κ3) is 7.31. The minimum Gasteiger partial charge on any atom is -0.480 e. The van der Waals surface area contributed by atoms with Gasteiger partial charge in [-0.25, -0.2) is 4.79 Å². The molecule has 0 radical (unpaired) electrons. The number of carbonyl (C=O) groups excluding carboxylic acids is 3. The molecule has 0 aliphatic rings. The van der Waals surface area contributed by atoms with Gasteiger partial charge in [0.25, 0.3) is 0 Å². The second kappa shape index (κ2) is 10.1. The fourth-order valence-corrected chi connectivity index (χ4v) is 2.18. The van der Waals surface area contributed by atoms with Crippen LogP contribution < -0.4 is 22.1 Å². The van der Waals surface area contributed by atoms with E-state index in [9.17, 15) is 24.3 Å². The van der Waals surface area contributed by atoms with Crippen LogP contribution in [-0.4, -0.2) is 46.9 Å². The molecule has 9 nitrogen and oxygen atoms in total. The van der Waals surface area contributed by atoms with Crippen LogP contribution in [0.15, 0.2) is 30.3 Å². The number of nitrogens with two attached hydrogens (primary N) is 2. The predicted octanol–water partition coefficient (Wildman–Crippen LogP) is -1.10. The van der Waals surface area contributed by atoms with Crippen molar-refractivity contribution in [3.05, 3.63) is 35.9 Å². The Morgan fingerprint density at radius 2 is 1.62 bits per heavy atom. The molecule has 0 unspecified atom stereocenters. The van der Waals surface area contributed by atoms with Crippen LogP contribution in [0.4, 0.5) is 0 Å². The summed E-state index contributed by atoms with van der Waals surface area (Å²) in [5, 5.41) is 14.1. The molecule has 0 aliphatic heterocycles. The summed E-state index contributed by atoms with van der Waals surface area (Å²) >= 11 is 0. The van der Waals surface area contributed by atoms with Crippen molar-refractivity contribution < 1.29 is 24.3 Å². The zero-order valence-corrected chi connectivity index (χ0v) is 14.5. The zero-order valence-electron chi connectivity index (χ0n) is 14.5.